The van der Waals surface area contributed by atoms with Gasteiger partial charge in [0.2, 0.25) is 5.91 Å². The van der Waals surface area contributed by atoms with Crippen LogP contribution in [-0.2, 0) is 4.79 Å². The van der Waals surface area contributed by atoms with E-state index in [0.29, 0.717) is 13.1 Å². The highest BCUT2D eigenvalue weighted by Gasteiger charge is 2.21. The molecule has 2 aromatic rings. The third kappa shape index (κ3) is 6.83. The Morgan fingerprint density at radius 3 is 2.43 bits per heavy atom. The van der Waals surface area contributed by atoms with E-state index in [9.17, 15) is 9.90 Å². The minimum absolute atomic E-state index is 0.0157. The normalized spacial score (nSPS) is 16.3. The third-order valence-electron chi connectivity index (χ3n) is 5.39. The van der Waals surface area contributed by atoms with E-state index < -0.39 is 6.10 Å². The van der Waals surface area contributed by atoms with E-state index in [1.165, 1.54) is 5.56 Å². The minimum atomic E-state index is -0.537. The van der Waals surface area contributed by atoms with Crippen molar-refractivity contribution in [3.05, 3.63) is 59.2 Å². The van der Waals surface area contributed by atoms with Gasteiger partial charge in [0, 0.05) is 38.4 Å². The summed E-state index contributed by atoms with van der Waals surface area (Å²) in [4.78, 5) is 16.8. The lowest BCUT2D eigenvalue weighted by atomic mass is 10.1. The van der Waals surface area contributed by atoms with Crippen molar-refractivity contribution in [2.24, 2.45) is 0 Å². The van der Waals surface area contributed by atoms with Crippen molar-refractivity contribution in [1.29, 1.82) is 0 Å². The number of nitrogens with zero attached hydrogens (tertiary/aromatic N) is 2. The average molecular weight is 412 g/mol. The molecule has 1 aliphatic rings. The van der Waals surface area contributed by atoms with Crippen LogP contribution in [0.4, 0.5) is 5.69 Å². The molecule has 0 bridgehead atoms. The van der Waals surface area contributed by atoms with Crippen LogP contribution in [0.15, 0.2) is 42.5 Å². The van der Waals surface area contributed by atoms with E-state index in [1.54, 1.807) is 0 Å². The van der Waals surface area contributed by atoms with E-state index in [0.717, 1.165) is 48.7 Å². The maximum atomic E-state index is 12.4. The van der Waals surface area contributed by atoms with Gasteiger partial charge in [-0.15, -0.1) is 0 Å². The SMILES string of the molecule is Cc1cccc(OC[C@H](O)CN2CCN(CC(=O)Nc3ccc(C)cc3C)CC2)c1. The third-order valence-corrected chi connectivity index (χ3v) is 5.39. The van der Waals surface area contributed by atoms with Gasteiger partial charge in [0.25, 0.3) is 0 Å². The van der Waals surface area contributed by atoms with Crippen LogP contribution in [0.3, 0.4) is 0 Å². The number of aliphatic hydroxyl groups excluding tert-OH is 1. The Labute approximate surface area is 179 Å². The fourth-order valence-corrected chi connectivity index (χ4v) is 3.72. The molecule has 2 N–H and O–H groups in total. The number of hydrogen-bond acceptors (Lipinski definition) is 5. The van der Waals surface area contributed by atoms with Crippen molar-refractivity contribution >= 4 is 11.6 Å². The first kappa shape index (κ1) is 22.3. The number of ether oxygens (including phenoxy) is 1. The lowest BCUT2D eigenvalue weighted by Gasteiger charge is -2.35. The van der Waals surface area contributed by atoms with Gasteiger partial charge in [-0.3, -0.25) is 14.6 Å². The molecule has 1 aliphatic heterocycles. The Kier molecular flexibility index (Phi) is 7.85. The molecule has 0 saturated carbocycles. The van der Waals surface area contributed by atoms with Crippen molar-refractivity contribution < 1.29 is 14.6 Å². The quantitative estimate of drug-likeness (QED) is 0.699. The summed E-state index contributed by atoms with van der Waals surface area (Å²) in [6, 6.07) is 13.9. The summed E-state index contributed by atoms with van der Waals surface area (Å²) < 4.78 is 5.70. The Bertz CT molecular complexity index is 847. The van der Waals surface area contributed by atoms with E-state index in [4.69, 9.17) is 4.74 Å². The number of hydrogen-bond donors (Lipinski definition) is 2. The van der Waals surface area contributed by atoms with Gasteiger partial charge in [-0.25, -0.2) is 0 Å². The summed E-state index contributed by atoms with van der Waals surface area (Å²) in [7, 11) is 0. The van der Waals surface area contributed by atoms with E-state index in [2.05, 4.69) is 21.2 Å². The first-order valence-corrected chi connectivity index (χ1v) is 10.6. The number of β-amino-alcohol motifs (C(OH)–C–C–N with tert-alkyl or cyclic N) is 1. The van der Waals surface area contributed by atoms with Gasteiger partial charge in [-0.1, -0.05) is 29.8 Å². The molecule has 1 fully saturated rings. The topological polar surface area (TPSA) is 65.0 Å². The summed E-state index contributed by atoms with van der Waals surface area (Å²) in [5, 5.41) is 13.3. The predicted octanol–water partition coefficient (Wildman–Crippen LogP) is 2.61. The monoisotopic (exact) mass is 411 g/mol. The van der Waals surface area contributed by atoms with Gasteiger partial charge in [0.05, 0.1) is 6.54 Å². The minimum Gasteiger partial charge on any atom is -0.491 e. The number of piperazine rings is 1. The fraction of sp³-hybridized carbons (Fsp3) is 0.458. The molecule has 1 heterocycles. The molecule has 6 heteroatoms. The van der Waals surface area contributed by atoms with Crippen LogP contribution in [0.2, 0.25) is 0 Å². The highest BCUT2D eigenvalue weighted by molar-refractivity contribution is 5.93. The van der Waals surface area contributed by atoms with Gasteiger partial charge >= 0.3 is 0 Å². The van der Waals surface area contributed by atoms with Crippen LogP contribution >= 0.6 is 0 Å². The molecule has 0 aliphatic carbocycles. The molecule has 3 rings (SSSR count). The molecule has 0 unspecified atom stereocenters. The molecule has 0 spiro atoms. The van der Waals surface area contributed by atoms with Crippen molar-refractivity contribution in [2.45, 2.75) is 26.9 Å². The average Bonchev–Trinajstić information content (AvgIpc) is 2.70. The maximum Gasteiger partial charge on any atom is 0.238 e. The number of rotatable bonds is 8. The van der Waals surface area contributed by atoms with Gasteiger partial charge in [-0.2, -0.15) is 0 Å². The lowest BCUT2D eigenvalue weighted by molar-refractivity contribution is -0.117. The zero-order valence-corrected chi connectivity index (χ0v) is 18.2. The van der Waals surface area contributed by atoms with Gasteiger partial charge < -0.3 is 15.2 Å². The van der Waals surface area contributed by atoms with E-state index in [1.807, 2.05) is 57.2 Å². The Morgan fingerprint density at radius 2 is 1.73 bits per heavy atom. The van der Waals surface area contributed by atoms with Crippen LogP contribution in [0.5, 0.6) is 5.75 Å². The van der Waals surface area contributed by atoms with Crippen molar-refractivity contribution in [3.63, 3.8) is 0 Å². The number of amides is 1. The molecule has 0 radical (unpaired) electrons. The van der Waals surface area contributed by atoms with Gasteiger partial charge in [0.1, 0.15) is 18.5 Å². The van der Waals surface area contributed by atoms with Gasteiger partial charge in [0.15, 0.2) is 0 Å². The molecule has 162 valence electrons. The van der Waals surface area contributed by atoms with E-state index in [-0.39, 0.29) is 12.5 Å². The number of aryl methyl sites for hydroxylation is 3. The molecule has 0 aromatic heterocycles. The van der Waals surface area contributed by atoms with E-state index >= 15 is 0 Å². The van der Waals surface area contributed by atoms with Crippen molar-refractivity contribution in [3.8, 4) is 5.75 Å². The second kappa shape index (κ2) is 10.6. The molecule has 6 nitrogen and oxygen atoms in total. The van der Waals surface area contributed by atoms with Crippen LogP contribution in [-0.4, -0.2) is 72.8 Å². The number of aliphatic hydroxyl groups is 1. The molecule has 30 heavy (non-hydrogen) atoms. The number of carbonyl (C=O) groups excluding carboxylic acids is 1. The zero-order chi connectivity index (χ0) is 21.5. The second-order valence-corrected chi connectivity index (χ2v) is 8.22. The van der Waals surface area contributed by atoms with Crippen LogP contribution in [0, 0.1) is 20.8 Å². The standard InChI is InChI=1S/C24H33N3O3/c1-18-5-4-6-22(14-18)30-17-21(28)15-26-9-11-27(12-10-26)16-24(29)25-23-8-7-19(2)13-20(23)3/h4-8,13-14,21,28H,9-12,15-17H2,1-3H3,(H,25,29)/t21-/m1/s1. The van der Waals surface area contributed by atoms with Crippen LogP contribution in [0.1, 0.15) is 16.7 Å². The summed E-state index contributed by atoms with van der Waals surface area (Å²) in [6.07, 6.45) is -0.537. The first-order valence-electron chi connectivity index (χ1n) is 10.6. The van der Waals surface area contributed by atoms with Crippen LogP contribution in [0.25, 0.3) is 0 Å². The summed E-state index contributed by atoms with van der Waals surface area (Å²) in [5.41, 5.74) is 4.28. The molecule has 1 amide bonds. The Balaban J connectivity index is 1.36. The highest BCUT2D eigenvalue weighted by Crippen LogP contribution is 2.16. The number of carbonyl (C=O) groups is 1. The number of nitrogens with one attached hydrogen (secondary N) is 1. The van der Waals surface area contributed by atoms with Crippen LogP contribution < -0.4 is 10.1 Å². The second-order valence-electron chi connectivity index (χ2n) is 8.22. The Morgan fingerprint density at radius 1 is 1.03 bits per heavy atom. The highest BCUT2D eigenvalue weighted by atomic mass is 16.5. The number of benzene rings is 2. The lowest BCUT2D eigenvalue weighted by Crippen LogP contribution is -2.50. The maximum absolute atomic E-state index is 12.4. The molecular weight excluding hydrogens is 378 g/mol. The summed E-state index contributed by atoms with van der Waals surface area (Å²) in [6.45, 7) is 10.6. The number of anilines is 1. The molecule has 1 saturated heterocycles. The predicted molar refractivity (Wildman–Crippen MR) is 120 cm³/mol. The largest absolute Gasteiger partial charge is 0.491 e. The van der Waals surface area contributed by atoms with Crippen molar-refractivity contribution in [2.75, 3.05) is 51.2 Å². The molecule has 2 aromatic carbocycles. The first-order chi connectivity index (χ1) is 14.4. The summed E-state index contributed by atoms with van der Waals surface area (Å²) in [5.74, 6) is 0.802. The fourth-order valence-electron chi connectivity index (χ4n) is 3.72. The zero-order valence-electron chi connectivity index (χ0n) is 18.2. The smallest absolute Gasteiger partial charge is 0.238 e. The van der Waals surface area contributed by atoms with Gasteiger partial charge in [-0.05, 0) is 50.1 Å². The summed E-state index contributed by atoms with van der Waals surface area (Å²) >= 11 is 0. The van der Waals surface area contributed by atoms with Crippen molar-refractivity contribution in [1.82, 2.24) is 9.80 Å². The molecule has 1 atom stereocenters. The molecular formula is C24H33N3O3. The Hall–Kier alpha value is -2.41.